The number of rotatable bonds is 5. The summed E-state index contributed by atoms with van der Waals surface area (Å²) in [6, 6.07) is 11.9. The molecule has 21 heavy (non-hydrogen) atoms. The van der Waals surface area contributed by atoms with E-state index in [2.05, 4.69) is 10.2 Å². The molecule has 0 aliphatic carbocycles. The number of hydrogen-bond acceptors (Lipinski definition) is 4. The second kappa shape index (κ2) is 6.28. The Balaban J connectivity index is 1.95. The average molecular weight is 320 g/mol. The van der Waals surface area contributed by atoms with Crippen LogP contribution in [0.2, 0.25) is 0 Å². The highest BCUT2D eigenvalue weighted by atomic mass is 35.5. The summed E-state index contributed by atoms with van der Waals surface area (Å²) in [5.41, 5.74) is 1.01. The summed E-state index contributed by atoms with van der Waals surface area (Å²) in [5.74, 6) is 3.00. The zero-order chi connectivity index (χ0) is 14.7. The molecule has 3 aromatic rings. The quantitative estimate of drug-likeness (QED) is 0.669. The third-order valence-corrected chi connectivity index (χ3v) is 4.03. The number of ether oxygens (including phenoxy) is 1. The molecule has 0 atom stereocenters. The van der Waals surface area contributed by atoms with E-state index in [4.69, 9.17) is 16.3 Å². The second-order valence-electron chi connectivity index (χ2n) is 4.41. The first-order chi connectivity index (χ1) is 10.3. The molecule has 0 saturated heterocycles. The molecule has 6 heteroatoms. The van der Waals surface area contributed by atoms with Crippen molar-refractivity contribution in [3.63, 3.8) is 0 Å². The van der Waals surface area contributed by atoms with Crippen LogP contribution in [0, 0.1) is 6.92 Å². The Kier molecular flexibility index (Phi) is 4.22. The maximum Gasteiger partial charge on any atom is 0.178 e. The van der Waals surface area contributed by atoms with Gasteiger partial charge in [0, 0.05) is 5.69 Å². The van der Waals surface area contributed by atoms with Crippen molar-refractivity contribution < 1.29 is 4.74 Å². The lowest BCUT2D eigenvalue weighted by atomic mass is 10.3. The number of aryl methyl sites for hydroxylation is 1. The Morgan fingerprint density at radius 3 is 2.67 bits per heavy atom. The molecule has 0 saturated carbocycles. The molecule has 3 rings (SSSR count). The molecule has 0 aliphatic heterocycles. The molecule has 0 unspecified atom stereocenters. The Labute approximate surface area is 132 Å². The lowest BCUT2D eigenvalue weighted by Gasteiger charge is -2.09. The van der Waals surface area contributed by atoms with Crippen LogP contribution in [0.25, 0.3) is 16.4 Å². The van der Waals surface area contributed by atoms with Gasteiger partial charge in [0.2, 0.25) is 0 Å². The molecule has 1 aromatic carbocycles. The number of nitrogens with zero attached hydrogens (tertiary/aromatic N) is 3. The molecule has 0 radical (unpaired) electrons. The number of thiophene rings is 1. The van der Waals surface area contributed by atoms with E-state index in [1.165, 1.54) is 0 Å². The fourth-order valence-corrected chi connectivity index (χ4v) is 2.86. The summed E-state index contributed by atoms with van der Waals surface area (Å²) in [6.45, 7) is 2.45. The fraction of sp³-hybridized carbons (Fsp3) is 0.200. The molecule has 2 aromatic heterocycles. The van der Waals surface area contributed by atoms with Crippen molar-refractivity contribution in [3.05, 3.63) is 47.6 Å². The van der Waals surface area contributed by atoms with Gasteiger partial charge in [-0.25, -0.2) is 0 Å². The van der Waals surface area contributed by atoms with Crippen LogP contribution in [0.1, 0.15) is 5.82 Å². The summed E-state index contributed by atoms with van der Waals surface area (Å²) in [6.07, 6.45) is 0. The van der Waals surface area contributed by atoms with Gasteiger partial charge in [0.25, 0.3) is 0 Å². The van der Waals surface area contributed by atoms with Gasteiger partial charge in [-0.15, -0.1) is 33.1 Å². The van der Waals surface area contributed by atoms with Crippen molar-refractivity contribution in [2.45, 2.75) is 6.92 Å². The van der Waals surface area contributed by atoms with Crippen LogP contribution < -0.4 is 4.74 Å². The molecular weight excluding hydrogens is 306 g/mol. The molecule has 0 spiro atoms. The first-order valence-corrected chi connectivity index (χ1v) is 7.96. The van der Waals surface area contributed by atoms with Crippen molar-refractivity contribution in [1.82, 2.24) is 14.8 Å². The monoisotopic (exact) mass is 319 g/mol. The summed E-state index contributed by atoms with van der Waals surface area (Å²) in [4.78, 5) is 1.10. The summed E-state index contributed by atoms with van der Waals surface area (Å²) >= 11 is 7.27. The fourth-order valence-electron chi connectivity index (χ4n) is 2.08. The molecular formula is C15H14ClN3OS. The van der Waals surface area contributed by atoms with Crippen LogP contribution in [-0.4, -0.2) is 27.3 Å². The van der Waals surface area contributed by atoms with Crippen LogP contribution in [0.15, 0.2) is 41.8 Å². The third kappa shape index (κ3) is 2.94. The minimum Gasteiger partial charge on any atom is -0.492 e. The molecule has 0 aliphatic rings. The van der Waals surface area contributed by atoms with Crippen LogP contribution in [-0.2, 0) is 0 Å². The minimum atomic E-state index is 0.481. The Hall–Kier alpha value is -1.85. The van der Waals surface area contributed by atoms with Gasteiger partial charge < -0.3 is 4.74 Å². The van der Waals surface area contributed by atoms with Crippen molar-refractivity contribution in [2.24, 2.45) is 0 Å². The van der Waals surface area contributed by atoms with Gasteiger partial charge in [0.1, 0.15) is 18.2 Å². The van der Waals surface area contributed by atoms with Crippen molar-refractivity contribution >= 4 is 22.9 Å². The van der Waals surface area contributed by atoms with E-state index in [0.717, 1.165) is 28.0 Å². The second-order valence-corrected chi connectivity index (χ2v) is 5.74. The molecule has 4 nitrogen and oxygen atoms in total. The number of aromatic nitrogens is 3. The molecule has 0 amide bonds. The SMILES string of the molecule is Cc1nnc(-c2cccs2)n1-c1ccc(OCCCl)cc1. The Morgan fingerprint density at radius 1 is 1.19 bits per heavy atom. The van der Waals surface area contributed by atoms with Crippen LogP contribution >= 0.6 is 22.9 Å². The van der Waals surface area contributed by atoms with Crippen molar-refractivity contribution in [1.29, 1.82) is 0 Å². The molecule has 0 bridgehead atoms. The highest BCUT2D eigenvalue weighted by molar-refractivity contribution is 7.13. The van der Waals surface area contributed by atoms with E-state index in [0.29, 0.717) is 12.5 Å². The van der Waals surface area contributed by atoms with Gasteiger partial charge in [-0.2, -0.15) is 0 Å². The van der Waals surface area contributed by atoms with E-state index in [9.17, 15) is 0 Å². The van der Waals surface area contributed by atoms with E-state index >= 15 is 0 Å². The number of hydrogen-bond donors (Lipinski definition) is 0. The third-order valence-electron chi connectivity index (χ3n) is 3.01. The van der Waals surface area contributed by atoms with Gasteiger partial charge in [-0.1, -0.05) is 6.07 Å². The lowest BCUT2D eigenvalue weighted by Crippen LogP contribution is -2.01. The van der Waals surface area contributed by atoms with Gasteiger partial charge in [0.15, 0.2) is 5.82 Å². The summed E-state index contributed by atoms with van der Waals surface area (Å²) < 4.78 is 7.53. The largest absolute Gasteiger partial charge is 0.492 e. The summed E-state index contributed by atoms with van der Waals surface area (Å²) in [5, 5.41) is 10.5. The lowest BCUT2D eigenvalue weighted by molar-refractivity contribution is 0.343. The van der Waals surface area contributed by atoms with E-state index in [-0.39, 0.29) is 0 Å². The number of benzene rings is 1. The number of halogens is 1. The molecule has 0 N–H and O–H groups in total. The molecule has 0 fully saturated rings. The van der Waals surface area contributed by atoms with Crippen LogP contribution in [0.5, 0.6) is 5.75 Å². The Morgan fingerprint density at radius 2 is 2.00 bits per heavy atom. The van der Waals surface area contributed by atoms with E-state index in [1.807, 2.05) is 53.3 Å². The van der Waals surface area contributed by atoms with Gasteiger partial charge in [-0.3, -0.25) is 4.57 Å². The standard InChI is InChI=1S/C15H14ClN3OS/c1-11-17-18-15(14-3-2-10-21-14)19(11)12-4-6-13(7-5-12)20-9-8-16/h2-7,10H,8-9H2,1H3. The van der Waals surface area contributed by atoms with E-state index < -0.39 is 0 Å². The summed E-state index contributed by atoms with van der Waals surface area (Å²) in [7, 11) is 0. The highest BCUT2D eigenvalue weighted by Gasteiger charge is 2.13. The predicted molar refractivity (Wildman–Crippen MR) is 85.6 cm³/mol. The normalized spacial score (nSPS) is 10.8. The highest BCUT2D eigenvalue weighted by Crippen LogP contribution is 2.27. The van der Waals surface area contributed by atoms with Crippen molar-refractivity contribution in [2.75, 3.05) is 12.5 Å². The van der Waals surface area contributed by atoms with E-state index in [1.54, 1.807) is 11.3 Å². The average Bonchev–Trinajstić information content (AvgIpc) is 3.15. The van der Waals surface area contributed by atoms with Crippen molar-refractivity contribution in [3.8, 4) is 22.1 Å². The zero-order valence-corrected chi connectivity index (χ0v) is 13.1. The van der Waals surface area contributed by atoms with Crippen LogP contribution in [0.3, 0.4) is 0 Å². The van der Waals surface area contributed by atoms with Gasteiger partial charge in [-0.05, 0) is 42.6 Å². The smallest absolute Gasteiger partial charge is 0.178 e. The zero-order valence-electron chi connectivity index (χ0n) is 11.5. The maximum atomic E-state index is 5.62. The topological polar surface area (TPSA) is 39.9 Å². The maximum absolute atomic E-state index is 5.62. The first kappa shape index (κ1) is 14.1. The van der Waals surface area contributed by atoms with Crippen LogP contribution in [0.4, 0.5) is 0 Å². The molecule has 2 heterocycles. The predicted octanol–water partition coefficient (Wildman–Crippen LogP) is 3.92. The first-order valence-electron chi connectivity index (χ1n) is 6.54. The number of alkyl halides is 1. The molecule has 108 valence electrons. The van der Waals surface area contributed by atoms with Gasteiger partial charge >= 0.3 is 0 Å². The van der Waals surface area contributed by atoms with Gasteiger partial charge in [0.05, 0.1) is 10.8 Å². The Bertz CT molecular complexity index is 707. The minimum absolute atomic E-state index is 0.481.